The van der Waals surface area contributed by atoms with E-state index in [0.29, 0.717) is 6.42 Å². The molecule has 0 saturated carbocycles. The van der Waals surface area contributed by atoms with Crippen LogP contribution in [0, 0.1) is 0 Å². The Morgan fingerprint density at radius 3 is 2.06 bits per heavy atom. The van der Waals surface area contributed by atoms with Crippen molar-refractivity contribution in [2.24, 2.45) is 0 Å². The average Bonchev–Trinajstić information content (AvgIpc) is 2.70. The van der Waals surface area contributed by atoms with Gasteiger partial charge in [0.05, 0.1) is 6.61 Å². The Morgan fingerprint density at radius 1 is 0.968 bits per heavy atom. The van der Waals surface area contributed by atoms with Crippen LogP contribution in [0.3, 0.4) is 0 Å². The minimum absolute atomic E-state index is 0. The molecule has 0 saturated heterocycles. The summed E-state index contributed by atoms with van der Waals surface area (Å²) in [4.78, 5) is 14.3. The third kappa shape index (κ3) is 16.4. The normalized spacial score (nSPS) is 15.7. The summed E-state index contributed by atoms with van der Waals surface area (Å²) in [6, 6.07) is 0. The molecule has 0 aliphatic heterocycles. The zero-order valence-electron chi connectivity index (χ0n) is 18.8. The van der Waals surface area contributed by atoms with Crippen LogP contribution in [0.1, 0.15) is 52.4 Å². The molecule has 4 atom stereocenters. The fourth-order valence-electron chi connectivity index (χ4n) is 2.74. The van der Waals surface area contributed by atoms with Crippen LogP contribution in [0.25, 0.3) is 0 Å². The van der Waals surface area contributed by atoms with Crippen LogP contribution in [0.4, 0.5) is 0 Å². The molecule has 0 heterocycles. The van der Waals surface area contributed by atoms with Crippen molar-refractivity contribution in [1.82, 2.24) is 10.2 Å². The molecule has 0 aliphatic rings. The minimum atomic E-state index is -5.10. The molecule has 5 N–H and O–H groups in total. The van der Waals surface area contributed by atoms with Gasteiger partial charge in [-0.15, -0.1) is 0 Å². The number of amides is 1. The van der Waals surface area contributed by atoms with Crippen LogP contribution in [-0.2, 0) is 19.4 Å². The zero-order valence-corrected chi connectivity index (χ0v) is 21.6. The Labute approximate surface area is 207 Å². The first-order valence-corrected chi connectivity index (χ1v) is 11.7. The van der Waals surface area contributed by atoms with Crippen molar-refractivity contribution in [3.63, 3.8) is 0 Å². The molecule has 0 bridgehead atoms. The number of nitrogens with one attached hydrogen (secondary N) is 1. The molecule has 0 aromatic carbocycles. The monoisotopic (exact) mass is 480 g/mol. The van der Waals surface area contributed by atoms with Gasteiger partial charge in [-0.3, -0.25) is 8.98 Å². The van der Waals surface area contributed by atoms with Crippen LogP contribution in [0.2, 0.25) is 0 Å². The fourth-order valence-corrected chi connectivity index (χ4v) is 3.05. The second kappa shape index (κ2) is 18.6. The van der Waals surface area contributed by atoms with Crippen LogP contribution < -0.4 is 34.9 Å². The van der Waals surface area contributed by atoms with E-state index in [0.717, 1.165) is 51.7 Å². The second-order valence-corrected chi connectivity index (χ2v) is 8.29. The van der Waals surface area contributed by atoms with Crippen molar-refractivity contribution in [3.8, 4) is 0 Å². The standard InChI is InChI=1S/C18H38N2O9S.Na/c1-3-5-7-11-20(10-6-4-2)12-8-9-19-18(25)17(24)16(23)15(22)14(21)13-29-30(26,27)28;/h14-17,21-24H,3-13H2,1-2H3,(H,19,25)(H,26,27,28);/q;+1/p-1/t14-,15-,16+,17-;/m1./s1. The summed E-state index contributed by atoms with van der Waals surface area (Å²) >= 11 is 0. The van der Waals surface area contributed by atoms with Gasteiger partial charge in [0.15, 0.2) is 6.10 Å². The number of rotatable bonds is 18. The number of unbranched alkanes of at least 4 members (excludes halogenated alkanes) is 3. The molecule has 0 radical (unpaired) electrons. The zero-order chi connectivity index (χ0) is 23.2. The topological polar surface area (TPSA) is 180 Å². The van der Waals surface area contributed by atoms with Gasteiger partial charge in [-0.25, -0.2) is 8.42 Å². The molecule has 0 unspecified atom stereocenters. The van der Waals surface area contributed by atoms with E-state index in [1.807, 2.05) is 0 Å². The molecular formula is C18H37N2NaO9S. The van der Waals surface area contributed by atoms with Crippen molar-refractivity contribution in [2.45, 2.75) is 76.8 Å². The number of nitrogens with zero attached hydrogens (tertiary/aromatic N) is 1. The molecule has 0 fully saturated rings. The number of aliphatic hydroxyl groups excluding tert-OH is 4. The largest absolute Gasteiger partial charge is 1.00 e. The summed E-state index contributed by atoms with van der Waals surface area (Å²) in [5, 5.41) is 41.3. The third-order valence-electron chi connectivity index (χ3n) is 4.58. The minimum Gasteiger partial charge on any atom is -0.726 e. The predicted octanol–water partition coefficient (Wildman–Crippen LogP) is -4.29. The molecule has 0 aromatic heterocycles. The SMILES string of the molecule is CCCCCN(CCCC)CCCNC(=O)[C@H](O)[C@@H](O)[C@H](O)[C@H](O)COS(=O)(=O)[O-].[Na+]. The Kier molecular flexibility index (Phi) is 19.9. The maximum absolute atomic E-state index is 12.0. The number of hydrogen-bond donors (Lipinski definition) is 5. The van der Waals surface area contributed by atoms with E-state index >= 15 is 0 Å². The Morgan fingerprint density at radius 2 is 1.52 bits per heavy atom. The quantitative estimate of drug-likeness (QED) is 0.0558. The van der Waals surface area contributed by atoms with Crippen molar-refractivity contribution in [1.29, 1.82) is 0 Å². The van der Waals surface area contributed by atoms with Crippen LogP contribution in [0.15, 0.2) is 0 Å². The van der Waals surface area contributed by atoms with Gasteiger partial charge in [-0.2, -0.15) is 0 Å². The van der Waals surface area contributed by atoms with Crippen molar-refractivity contribution < 1.29 is 71.9 Å². The average molecular weight is 481 g/mol. The summed E-state index contributed by atoms with van der Waals surface area (Å²) in [6.07, 6.45) is -2.06. The summed E-state index contributed by atoms with van der Waals surface area (Å²) in [5.41, 5.74) is 0. The number of carbonyl (C=O) groups excluding carboxylic acids is 1. The van der Waals surface area contributed by atoms with Crippen molar-refractivity contribution in [2.75, 3.05) is 32.8 Å². The predicted molar refractivity (Wildman–Crippen MR) is 108 cm³/mol. The number of hydrogen-bond acceptors (Lipinski definition) is 10. The molecular weight excluding hydrogens is 443 g/mol. The maximum Gasteiger partial charge on any atom is 1.00 e. The van der Waals surface area contributed by atoms with Gasteiger partial charge in [-0.1, -0.05) is 33.1 Å². The first-order valence-electron chi connectivity index (χ1n) is 10.4. The molecule has 0 rings (SSSR count). The molecule has 0 aliphatic carbocycles. The Bertz CT molecular complexity index is 568. The van der Waals surface area contributed by atoms with Gasteiger partial charge in [0, 0.05) is 6.54 Å². The smallest absolute Gasteiger partial charge is 0.726 e. The first kappa shape index (κ1) is 33.3. The second-order valence-electron chi connectivity index (χ2n) is 7.23. The number of carbonyl (C=O) groups is 1. The van der Waals surface area contributed by atoms with Crippen LogP contribution >= 0.6 is 0 Å². The van der Waals surface area contributed by atoms with E-state index in [1.165, 1.54) is 0 Å². The van der Waals surface area contributed by atoms with Crippen molar-refractivity contribution >= 4 is 16.3 Å². The van der Waals surface area contributed by atoms with Gasteiger partial charge in [0.25, 0.3) is 5.91 Å². The maximum atomic E-state index is 12.0. The molecule has 0 aromatic rings. The van der Waals surface area contributed by atoms with Crippen molar-refractivity contribution in [3.05, 3.63) is 0 Å². The van der Waals surface area contributed by atoms with Crippen LogP contribution in [0.5, 0.6) is 0 Å². The molecule has 1 amide bonds. The van der Waals surface area contributed by atoms with E-state index in [9.17, 15) is 38.2 Å². The number of aliphatic hydroxyl groups is 4. The fraction of sp³-hybridized carbons (Fsp3) is 0.944. The molecule has 0 spiro atoms. The van der Waals surface area contributed by atoms with E-state index in [2.05, 4.69) is 28.2 Å². The summed E-state index contributed by atoms with van der Waals surface area (Å²) in [5.74, 6) is -0.947. The first-order chi connectivity index (χ1) is 14.0. The summed E-state index contributed by atoms with van der Waals surface area (Å²) < 4.78 is 34.8. The van der Waals surface area contributed by atoms with Gasteiger partial charge in [-0.05, 0) is 38.9 Å². The Balaban J connectivity index is 0. The van der Waals surface area contributed by atoms with Crippen LogP contribution in [-0.4, -0.2) is 101 Å². The Hall–Kier alpha value is 0.140. The van der Waals surface area contributed by atoms with E-state index in [1.54, 1.807) is 0 Å². The summed E-state index contributed by atoms with van der Waals surface area (Å²) in [7, 11) is -5.10. The van der Waals surface area contributed by atoms with E-state index in [-0.39, 0.29) is 36.1 Å². The van der Waals surface area contributed by atoms with E-state index in [4.69, 9.17) is 0 Å². The summed E-state index contributed by atoms with van der Waals surface area (Å²) in [6.45, 7) is 6.11. The molecule has 180 valence electrons. The van der Waals surface area contributed by atoms with E-state index < -0.39 is 47.3 Å². The molecule has 11 nitrogen and oxygen atoms in total. The van der Waals surface area contributed by atoms with Gasteiger partial charge in [0.1, 0.15) is 18.3 Å². The van der Waals surface area contributed by atoms with Gasteiger partial charge < -0.3 is 35.2 Å². The van der Waals surface area contributed by atoms with Gasteiger partial charge >= 0.3 is 29.6 Å². The van der Waals surface area contributed by atoms with Gasteiger partial charge in [0.2, 0.25) is 10.4 Å². The molecule has 31 heavy (non-hydrogen) atoms. The third-order valence-corrected chi connectivity index (χ3v) is 5.00. The molecule has 13 heteroatoms.